The van der Waals surface area contributed by atoms with Crippen LogP contribution in [0.2, 0.25) is 10.0 Å². The lowest BCUT2D eigenvalue weighted by Crippen LogP contribution is -2.41. The fraction of sp³-hybridized carbons (Fsp3) is 0.158. The number of benzene rings is 2. The Labute approximate surface area is 155 Å². The van der Waals surface area contributed by atoms with Crippen molar-refractivity contribution in [3.8, 4) is 0 Å². The number of amides is 1. The number of halogens is 2. The number of carbonyl (C=O) groups excluding carboxylic acids is 1. The highest BCUT2D eigenvalue weighted by Gasteiger charge is 2.24. The Morgan fingerprint density at radius 2 is 2.00 bits per heavy atom. The molecule has 0 radical (unpaired) electrons. The van der Waals surface area contributed by atoms with Crippen molar-refractivity contribution in [2.24, 2.45) is 0 Å². The molecular formula is C19H15Cl2N3O. The molecule has 126 valence electrons. The van der Waals surface area contributed by atoms with Crippen molar-refractivity contribution in [3.05, 3.63) is 69.2 Å². The molecule has 2 heterocycles. The zero-order valence-electron chi connectivity index (χ0n) is 13.5. The summed E-state index contributed by atoms with van der Waals surface area (Å²) in [5.74, 6) is 0.511. The molecule has 1 amide bonds. The number of hydrogen-bond acceptors (Lipinski definition) is 3. The average Bonchev–Trinajstić information content (AvgIpc) is 2.94. The van der Waals surface area contributed by atoms with Gasteiger partial charge in [-0.05, 0) is 54.8 Å². The summed E-state index contributed by atoms with van der Waals surface area (Å²) in [5.41, 5.74) is 6.48. The molecule has 0 aliphatic carbocycles. The molecule has 25 heavy (non-hydrogen) atoms. The van der Waals surface area contributed by atoms with E-state index in [0.717, 1.165) is 34.3 Å². The van der Waals surface area contributed by atoms with E-state index in [-0.39, 0.29) is 5.91 Å². The van der Waals surface area contributed by atoms with Gasteiger partial charge >= 0.3 is 0 Å². The quantitative estimate of drug-likeness (QED) is 0.718. The molecule has 0 spiro atoms. The summed E-state index contributed by atoms with van der Waals surface area (Å²) in [7, 11) is 0. The Balaban J connectivity index is 1.64. The molecule has 1 aromatic heterocycles. The molecule has 1 aliphatic heterocycles. The second-order valence-electron chi connectivity index (χ2n) is 6.13. The average molecular weight is 372 g/mol. The third-order valence-electron chi connectivity index (χ3n) is 4.30. The first-order valence-electron chi connectivity index (χ1n) is 7.95. The van der Waals surface area contributed by atoms with Crippen LogP contribution in [0.15, 0.2) is 42.5 Å². The van der Waals surface area contributed by atoms with Crippen LogP contribution in [0.3, 0.4) is 0 Å². The van der Waals surface area contributed by atoms with E-state index in [2.05, 4.69) is 23.6 Å². The van der Waals surface area contributed by atoms with Gasteiger partial charge < -0.3 is 0 Å². The van der Waals surface area contributed by atoms with E-state index in [1.807, 2.05) is 13.0 Å². The van der Waals surface area contributed by atoms with E-state index in [1.54, 1.807) is 23.2 Å². The molecule has 3 aromatic rings. The molecule has 0 atom stereocenters. The topological polar surface area (TPSA) is 45.2 Å². The number of carbonyl (C=O) groups is 1. The SMILES string of the molecule is Cc1ccc2cc3c(nc2c1)N(NC(=O)c1ccc(Cl)cc1Cl)CC3. The van der Waals surface area contributed by atoms with Crippen molar-refractivity contribution >= 4 is 45.8 Å². The van der Waals surface area contributed by atoms with Crippen LogP contribution in [0.1, 0.15) is 21.5 Å². The van der Waals surface area contributed by atoms with Crippen LogP contribution in [0, 0.1) is 6.92 Å². The van der Waals surface area contributed by atoms with Gasteiger partial charge in [0, 0.05) is 17.0 Å². The Bertz CT molecular complexity index is 1000. The Morgan fingerprint density at radius 1 is 1.16 bits per heavy atom. The number of pyridine rings is 1. The molecule has 2 aromatic carbocycles. The third kappa shape index (κ3) is 3.03. The molecule has 1 aliphatic rings. The summed E-state index contributed by atoms with van der Waals surface area (Å²) in [6.45, 7) is 2.71. The summed E-state index contributed by atoms with van der Waals surface area (Å²) >= 11 is 12.0. The highest BCUT2D eigenvalue weighted by atomic mass is 35.5. The van der Waals surface area contributed by atoms with Crippen LogP contribution in [0.4, 0.5) is 5.82 Å². The first-order valence-corrected chi connectivity index (χ1v) is 8.71. The maximum absolute atomic E-state index is 12.6. The van der Waals surface area contributed by atoms with E-state index < -0.39 is 0 Å². The molecular weight excluding hydrogens is 357 g/mol. The summed E-state index contributed by atoms with van der Waals surface area (Å²) < 4.78 is 0. The van der Waals surface area contributed by atoms with E-state index in [4.69, 9.17) is 28.2 Å². The first-order chi connectivity index (χ1) is 12.0. The number of nitrogens with one attached hydrogen (secondary N) is 1. The predicted octanol–water partition coefficient (Wildman–Crippen LogP) is 4.56. The molecule has 4 nitrogen and oxygen atoms in total. The van der Waals surface area contributed by atoms with Crippen molar-refractivity contribution in [2.75, 3.05) is 11.6 Å². The van der Waals surface area contributed by atoms with Crippen molar-refractivity contribution in [1.82, 2.24) is 10.4 Å². The van der Waals surface area contributed by atoms with Crippen LogP contribution in [0.25, 0.3) is 10.9 Å². The number of hydrogen-bond donors (Lipinski definition) is 1. The number of anilines is 1. The standard InChI is InChI=1S/C19H15Cl2N3O/c1-11-2-3-12-9-13-6-7-24(18(13)22-17(12)8-11)23-19(25)15-5-4-14(20)10-16(15)21/h2-5,8-10H,6-7H2,1H3,(H,23,25). The lowest BCUT2D eigenvalue weighted by molar-refractivity contribution is 0.0949. The molecule has 6 heteroatoms. The van der Waals surface area contributed by atoms with Gasteiger partial charge in [-0.15, -0.1) is 0 Å². The largest absolute Gasteiger partial charge is 0.271 e. The van der Waals surface area contributed by atoms with Crippen LogP contribution in [0.5, 0.6) is 0 Å². The fourth-order valence-electron chi connectivity index (χ4n) is 3.03. The van der Waals surface area contributed by atoms with Crippen LogP contribution >= 0.6 is 23.2 Å². The number of fused-ring (bicyclic) bond motifs is 2. The summed E-state index contributed by atoms with van der Waals surface area (Å²) in [6.07, 6.45) is 0.834. The summed E-state index contributed by atoms with van der Waals surface area (Å²) in [5, 5.41) is 3.71. The number of aryl methyl sites for hydroxylation is 1. The normalized spacial score (nSPS) is 13.2. The summed E-state index contributed by atoms with van der Waals surface area (Å²) in [4.78, 5) is 17.3. The first kappa shape index (κ1) is 16.2. The maximum atomic E-state index is 12.6. The third-order valence-corrected chi connectivity index (χ3v) is 4.85. The number of nitrogens with zero attached hydrogens (tertiary/aromatic N) is 2. The zero-order valence-corrected chi connectivity index (χ0v) is 15.0. The van der Waals surface area contributed by atoms with Crippen molar-refractivity contribution in [1.29, 1.82) is 0 Å². The Morgan fingerprint density at radius 3 is 2.80 bits per heavy atom. The molecule has 4 rings (SSSR count). The molecule has 0 bridgehead atoms. The minimum atomic E-state index is -0.277. The van der Waals surface area contributed by atoms with Gasteiger partial charge in [-0.1, -0.05) is 35.3 Å². The van der Waals surface area contributed by atoms with Gasteiger partial charge in [0.25, 0.3) is 5.91 Å². The van der Waals surface area contributed by atoms with Gasteiger partial charge in [-0.25, -0.2) is 4.98 Å². The molecule has 1 N–H and O–H groups in total. The number of rotatable bonds is 2. The molecule has 0 saturated carbocycles. The molecule has 0 unspecified atom stereocenters. The monoisotopic (exact) mass is 371 g/mol. The van der Waals surface area contributed by atoms with E-state index in [1.165, 1.54) is 0 Å². The van der Waals surface area contributed by atoms with Gasteiger partial charge in [-0.2, -0.15) is 0 Å². The fourth-order valence-corrected chi connectivity index (χ4v) is 3.53. The highest BCUT2D eigenvalue weighted by molar-refractivity contribution is 6.36. The number of aromatic nitrogens is 1. The van der Waals surface area contributed by atoms with Gasteiger partial charge in [0.1, 0.15) is 0 Å². The van der Waals surface area contributed by atoms with E-state index in [0.29, 0.717) is 22.2 Å². The van der Waals surface area contributed by atoms with Crippen LogP contribution < -0.4 is 10.4 Å². The highest BCUT2D eigenvalue weighted by Crippen LogP contribution is 2.29. The second kappa shape index (κ2) is 6.21. The van der Waals surface area contributed by atoms with Crippen molar-refractivity contribution in [2.45, 2.75) is 13.3 Å². The van der Waals surface area contributed by atoms with Crippen molar-refractivity contribution in [3.63, 3.8) is 0 Å². The molecule has 0 saturated heterocycles. The van der Waals surface area contributed by atoms with Gasteiger partial charge in [-0.3, -0.25) is 15.2 Å². The minimum Gasteiger partial charge on any atom is -0.267 e. The van der Waals surface area contributed by atoms with E-state index in [9.17, 15) is 4.79 Å². The zero-order chi connectivity index (χ0) is 17.6. The van der Waals surface area contributed by atoms with Crippen LogP contribution in [-0.2, 0) is 6.42 Å². The Hall–Kier alpha value is -2.30. The number of hydrazine groups is 1. The van der Waals surface area contributed by atoms with Crippen LogP contribution in [-0.4, -0.2) is 17.4 Å². The lowest BCUT2D eigenvalue weighted by Gasteiger charge is -2.20. The lowest BCUT2D eigenvalue weighted by atomic mass is 10.1. The van der Waals surface area contributed by atoms with Crippen molar-refractivity contribution < 1.29 is 4.79 Å². The maximum Gasteiger partial charge on any atom is 0.271 e. The van der Waals surface area contributed by atoms with Gasteiger partial charge in [0.05, 0.1) is 16.1 Å². The minimum absolute atomic E-state index is 0.277. The Kier molecular flexibility index (Phi) is 4.02. The predicted molar refractivity (Wildman–Crippen MR) is 101 cm³/mol. The molecule has 0 fully saturated rings. The second-order valence-corrected chi connectivity index (χ2v) is 6.98. The smallest absolute Gasteiger partial charge is 0.267 e. The van der Waals surface area contributed by atoms with E-state index >= 15 is 0 Å². The van der Waals surface area contributed by atoms with Gasteiger partial charge in [0.15, 0.2) is 5.82 Å². The van der Waals surface area contributed by atoms with Gasteiger partial charge in [0.2, 0.25) is 0 Å². The summed E-state index contributed by atoms with van der Waals surface area (Å²) in [6, 6.07) is 13.2.